The third kappa shape index (κ3) is 4.74. The van der Waals surface area contributed by atoms with Crippen LogP contribution in [-0.4, -0.2) is 36.1 Å². The van der Waals surface area contributed by atoms with Crippen LogP contribution in [0, 0.1) is 5.92 Å². The third-order valence-corrected chi connectivity index (χ3v) is 5.17. The molecule has 1 aromatic rings. The summed E-state index contributed by atoms with van der Waals surface area (Å²) in [5.41, 5.74) is 1.11. The summed E-state index contributed by atoms with van der Waals surface area (Å²) in [6, 6.07) is 8.25. The molecular formula is C18H26N2O2S. The number of nitrogens with zero attached hydrogens (tertiary/aromatic N) is 1. The number of nitrogens with one attached hydrogen (secondary N) is 1. The van der Waals surface area contributed by atoms with Crippen molar-refractivity contribution in [3.8, 4) is 0 Å². The monoisotopic (exact) mass is 334 g/mol. The summed E-state index contributed by atoms with van der Waals surface area (Å²) >= 11 is 1.71. The Hall–Kier alpha value is -1.49. The first kappa shape index (κ1) is 17.9. The Labute approximate surface area is 143 Å². The number of carbonyl (C=O) groups is 2. The molecule has 2 amide bonds. The molecule has 0 bridgehead atoms. The fraction of sp³-hybridized carbons (Fsp3) is 0.556. The van der Waals surface area contributed by atoms with Gasteiger partial charge in [0.05, 0.1) is 12.0 Å². The summed E-state index contributed by atoms with van der Waals surface area (Å²) in [4.78, 5) is 27.4. The number of benzene rings is 1. The largest absolute Gasteiger partial charge is 0.349 e. The molecule has 0 unspecified atom stereocenters. The van der Waals surface area contributed by atoms with Gasteiger partial charge in [0, 0.05) is 24.4 Å². The van der Waals surface area contributed by atoms with E-state index in [9.17, 15) is 9.59 Å². The van der Waals surface area contributed by atoms with Gasteiger partial charge in [0.2, 0.25) is 11.8 Å². The van der Waals surface area contributed by atoms with Crippen molar-refractivity contribution in [2.45, 2.75) is 44.0 Å². The van der Waals surface area contributed by atoms with E-state index >= 15 is 0 Å². The minimum absolute atomic E-state index is 0.0179. The van der Waals surface area contributed by atoms with Crippen LogP contribution in [0.15, 0.2) is 29.2 Å². The van der Waals surface area contributed by atoms with E-state index in [-0.39, 0.29) is 23.8 Å². The van der Waals surface area contributed by atoms with Gasteiger partial charge in [-0.2, -0.15) is 0 Å². The van der Waals surface area contributed by atoms with Crippen LogP contribution < -0.4 is 5.32 Å². The smallest absolute Gasteiger partial charge is 0.225 e. The summed E-state index contributed by atoms with van der Waals surface area (Å²) in [5, 5.41) is 3.10. The summed E-state index contributed by atoms with van der Waals surface area (Å²) in [6.07, 6.45) is 4.32. The highest BCUT2D eigenvalue weighted by atomic mass is 32.2. The standard InChI is InChI=1S/C18H26N2O2S/c1-4-17(21)20-11-5-6-15(12-20)18(22)19-13(2)14-7-9-16(23-3)10-8-14/h7-10,13,15H,4-6,11-12H2,1-3H3,(H,19,22)/t13-,15+/m0/s1. The molecule has 23 heavy (non-hydrogen) atoms. The zero-order valence-electron chi connectivity index (χ0n) is 14.2. The maximum atomic E-state index is 12.5. The molecule has 0 aliphatic carbocycles. The van der Waals surface area contributed by atoms with Crippen LogP contribution in [0.5, 0.6) is 0 Å². The summed E-state index contributed by atoms with van der Waals surface area (Å²) in [6.45, 7) is 5.20. The lowest BCUT2D eigenvalue weighted by Gasteiger charge is -2.32. The summed E-state index contributed by atoms with van der Waals surface area (Å²) in [5.74, 6) is 0.107. The highest BCUT2D eigenvalue weighted by Gasteiger charge is 2.28. The Morgan fingerprint density at radius 2 is 2.04 bits per heavy atom. The lowest BCUT2D eigenvalue weighted by atomic mass is 9.96. The first-order valence-corrected chi connectivity index (χ1v) is 9.49. The van der Waals surface area contributed by atoms with Gasteiger partial charge >= 0.3 is 0 Å². The number of hydrogen-bond donors (Lipinski definition) is 1. The summed E-state index contributed by atoms with van der Waals surface area (Å²) < 4.78 is 0. The molecule has 1 fully saturated rings. The lowest BCUT2D eigenvalue weighted by molar-refractivity contribution is -0.135. The van der Waals surface area contributed by atoms with E-state index in [1.165, 1.54) is 4.90 Å². The molecule has 5 heteroatoms. The van der Waals surface area contributed by atoms with Crippen molar-refractivity contribution in [2.75, 3.05) is 19.3 Å². The average Bonchev–Trinajstić information content (AvgIpc) is 2.61. The first-order chi connectivity index (χ1) is 11.0. The molecule has 1 heterocycles. The molecule has 2 rings (SSSR count). The molecular weight excluding hydrogens is 308 g/mol. The maximum absolute atomic E-state index is 12.5. The topological polar surface area (TPSA) is 49.4 Å². The normalized spacial score (nSPS) is 19.3. The van der Waals surface area contributed by atoms with Crippen LogP contribution in [0.2, 0.25) is 0 Å². The van der Waals surface area contributed by atoms with E-state index in [1.807, 2.05) is 25.0 Å². The molecule has 4 nitrogen and oxygen atoms in total. The predicted molar refractivity (Wildman–Crippen MR) is 94.4 cm³/mol. The highest BCUT2D eigenvalue weighted by Crippen LogP contribution is 2.21. The molecule has 1 aliphatic rings. The van der Waals surface area contributed by atoms with Crippen molar-refractivity contribution in [2.24, 2.45) is 5.92 Å². The van der Waals surface area contributed by atoms with Crippen LogP contribution in [0.4, 0.5) is 0 Å². The maximum Gasteiger partial charge on any atom is 0.225 e. The Bertz CT molecular complexity index is 544. The molecule has 2 atom stereocenters. The Kier molecular flexibility index (Phi) is 6.51. The van der Waals surface area contributed by atoms with E-state index in [4.69, 9.17) is 0 Å². The lowest BCUT2D eigenvalue weighted by Crippen LogP contribution is -2.45. The van der Waals surface area contributed by atoms with Crippen LogP contribution in [0.25, 0.3) is 0 Å². The number of hydrogen-bond acceptors (Lipinski definition) is 3. The van der Waals surface area contributed by atoms with Gasteiger partial charge in [0.1, 0.15) is 0 Å². The van der Waals surface area contributed by atoms with Gasteiger partial charge in [0.25, 0.3) is 0 Å². The van der Waals surface area contributed by atoms with Crippen molar-refractivity contribution < 1.29 is 9.59 Å². The SMILES string of the molecule is CCC(=O)N1CCC[C@@H](C(=O)N[C@@H](C)c2ccc(SC)cc2)C1. The molecule has 126 valence electrons. The van der Waals surface area contributed by atoms with Crippen molar-refractivity contribution in [3.05, 3.63) is 29.8 Å². The molecule has 1 aliphatic heterocycles. The zero-order chi connectivity index (χ0) is 16.8. The second-order valence-corrected chi connectivity index (χ2v) is 6.92. The second-order valence-electron chi connectivity index (χ2n) is 6.04. The number of carbonyl (C=O) groups excluding carboxylic acids is 2. The van der Waals surface area contributed by atoms with Gasteiger partial charge in [-0.25, -0.2) is 0 Å². The summed E-state index contributed by atoms with van der Waals surface area (Å²) in [7, 11) is 0. The van der Waals surface area contributed by atoms with Crippen molar-refractivity contribution in [1.29, 1.82) is 0 Å². The van der Waals surface area contributed by atoms with E-state index < -0.39 is 0 Å². The molecule has 0 saturated carbocycles. The fourth-order valence-corrected chi connectivity index (χ4v) is 3.36. The molecule has 0 spiro atoms. The average molecular weight is 334 g/mol. The number of amides is 2. The molecule has 1 N–H and O–H groups in total. The fourth-order valence-electron chi connectivity index (χ4n) is 2.95. The number of rotatable bonds is 5. The van der Waals surface area contributed by atoms with E-state index in [0.717, 1.165) is 24.9 Å². The van der Waals surface area contributed by atoms with Gasteiger partial charge in [-0.15, -0.1) is 11.8 Å². The van der Waals surface area contributed by atoms with Gasteiger partial charge in [-0.05, 0) is 43.7 Å². The molecule has 1 saturated heterocycles. The van der Waals surface area contributed by atoms with Crippen molar-refractivity contribution in [3.63, 3.8) is 0 Å². The molecule has 0 radical (unpaired) electrons. The quantitative estimate of drug-likeness (QED) is 0.841. The van der Waals surface area contributed by atoms with E-state index in [2.05, 4.69) is 29.6 Å². The van der Waals surface area contributed by atoms with Crippen molar-refractivity contribution >= 4 is 23.6 Å². The van der Waals surface area contributed by atoms with Crippen LogP contribution >= 0.6 is 11.8 Å². The number of piperidine rings is 1. The minimum atomic E-state index is -0.0906. The van der Waals surface area contributed by atoms with Crippen LogP contribution in [-0.2, 0) is 9.59 Å². The van der Waals surface area contributed by atoms with E-state index in [1.54, 1.807) is 11.8 Å². The highest BCUT2D eigenvalue weighted by molar-refractivity contribution is 7.98. The van der Waals surface area contributed by atoms with Crippen LogP contribution in [0.3, 0.4) is 0 Å². The van der Waals surface area contributed by atoms with E-state index in [0.29, 0.717) is 13.0 Å². The Balaban J connectivity index is 1.93. The zero-order valence-corrected chi connectivity index (χ0v) is 15.0. The Morgan fingerprint density at radius 1 is 1.35 bits per heavy atom. The Morgan fingerprint density at radius 3 is 2.65 bits per heavy atom. The second kappa shape index (κ2) is 8.39. The number of thioether (sulfide) groups is 1. The predicted octanol–water partition coefficient (Wildman–Crippen LogP) is 3.23. The van der Waals surface area contributed by atoms with Crippen molar-refractivity contribution in [1.82, 2.24) is 10.2 Å². The third-order valence-electron chi connectivity index (χ3n) is 4.42. The van der Waals surface area contributed by atoms with Gasteiger partial charge in [0.15, 0.2) is 0 Å². The number of likely N-dealkylation sites (tertiary alicyclic amines) is 1. The first-order valence-electron chi connectivity index (χ1n) is 8.27. The molecule has 0 aromatic heterocycles. The van der Waals surface area contributed by atoms with Gasteiger partial charge in [-0.1, -0.05) is 19.1 Å². The van der Waals surface area contributed by atoms with Gasteiger partial charge < -0.3 is 10.2 Å². The van der Waals surface area contributed by atoms with Gasteiger partial charge in [-0.3, -0.25) is 9.59 Å². The minimum Gasteiger partial charge on any atom is -0.349 e. The molecule has 1 aromatic carbocycles. The van der Waals surface area contributed by atoms with Crippen LogP contribution in [0.1, 0.15) is 44.7 Å².